The molecule has 0 aliphatic carbocycles. The van der Waals surface area contributed by atoms with Crippen molar-refractivity contribution >= 4 is 33.0 Å². The van der Waals surface area contributed by atoms with Crippen molar-refractivity contribution in [3.05, 3.63) is 54.1 Å². The maximum absolute atomic E-state index is 12.5. The molecule has 2 aromatic rings. The second-order valence-electron chi connectivity index (χ2n) is 5.41. The Morgan fingerprint density at radius 2 is 1.54 bits per heavy atom. The van der Waals surface area contributed by atoms with Gasteiger partial charge in [0.15, 0.2) is 0 Å². The number of rotatable bonds is 5. The summed E-state index contributed by atoms with van der Waals surface area (Å²) in [4.78, 5) is 24.3. The molecule has 6 nitrogen and oxygen atoms in total. The smallest absolute Gasteiger partial charge is 0.322 e. The molecule has 0 bridgehead atoms. The van der Waals surface area contributed by atoms with Crippen molar-refractivity contribution in [1.82, 2.24) is 0 Å². The standard InChI is InChI=1S/C17H16F2N2O4S/c1-11(22)21(2)14-7-5-13(6-8-14)20-16(23)12-3-9-15(10-4-12)26(24,25)17(18)19/h3-10,17H,1-2H3,(H,20,23). The highest BCUT2D eigenvalue weighted by atomic mass is 32.2. The van der Waals surface area contributed by atoms with Crippen molar-refractivity contribution < 1.29 is 26.8 Å². The first-order valence-corrected chi connectivity index (χ1v) is 8.95. The lowest BCUT2D eigenvalue weighted by Gasteiger charge is -2.15. The van der Waals surface area contributed by atoms with E-state index in [9.17, 15) is 26.8 Å². The zero-order valence-corrected chi connectivity index (χ0v) is 14.8. The Balaban J connectivity index is 2.12. The first kappa shape index (κ1) is 19.5. The maximum Gasteiger partial charge on any atom is 0.341 e. The number of hydrogen-bond acceptors (Lipinski definition) is 4. The van der Waals surface area contributed by atoms with Crippen molar-refractivity contribution in [1.29, 1.82) is 0 Å². The molecule has 0 aliphatic heterocycles. The van der Waals surface area contributed by atoms with Crippen LogP contribution >= 0.6 is 0 Å². The highest BCUT2D eigenvalue weighted by Gasteiger charge is 2.26. The SMILES string of the molecule is CC(=O)N(C)c1ccc(NC(=O)c2ccc(S(=O)(=O)C(F)F)cc2)cc1. The van der Waals surface area contributed by atoms with Gasteiger partial charge in [0, 0.05) is 30.9 Å². The van der Waals surface area contributed by atoms with E-state index >= 15 is 0 Å². The fourth-order valence-corrected chi connectivity index (χ4v) is 2.77. The number of sulfone groups is 1. The third-order valence-corrected chi connectivity index (χ3v) is 5.06. The van der Waals surface area contributed by atoms with Gasteiger partial charge in [0.1, 0.15) is 0 Å². The van der Waals surface area contributed by atoms with Crippen molar-refractivity contribution in [3.8, 4) is 0 Å². The van der Waals surface area contributed by atoms with Gasteiger partial charge in [0.2, 0.25) is 15.7 Å². The molecule has 9 heteroatoms. The third kappa shape index (κ3) is 4.23. The van der Waals surface area contributed by atoms with Gasteiger partial charge < -0.3 is 10.2 Å². The fraction of sp³-hybridized carbons (Fsp3) is 0.176. The number of alkyl halides is 2. The summed E-state index contributed by atoms with van der Waals surface area (Å²) < 4.78 is 47.7. The van der Waals surface area contributed by atoms with E-state index in [1.165, 1.54) is 11.8 Å². The number of halogens is 2. The van der Waals surface area contributed by atoms with Crippen LogP contribution in [0.5, 0.6) is 0 Å². The number of anilines is 2. The minimum atomic E-state index is -4.70. The van der Waals surface area contributed by atoms with Gasteiger partial charge in [-0.2, -0.15) is 8.78 Å². The molecule has 138 valence electrons. The minimum Gasteiger partial charge on any atom is -0.322 e. The molecule has 0 aliphatic rings. The largest absolute Gasteiger partial charge is 0.341 e. The Hall–Kier alpha value is -2.81. The summed E-state index contributed by atoms with van der Waals surface area (Å²) in [5, 5.41) is 2.59. The first-order chi connectivity index (χ1) is 12.1. The van der Waals surface area contributed by atoms with Crippen LogP contribution in [0.15, 0.2) is 53.4 Å². The molecule has 26 heavy (non-hydrogen) atoms. The molecule has 0 saturated heterocycles. The second-order valence-corrected chi connectivity index (χ2v) is 7.33. The number of carbonyl (C=O) groups is 2. The molecule has 0 fully saturated rings. The molecule has 0 heterocycles. The Bertz CT molecular complexity index is 911. The molecule has 2 rings (SSSR count). The Morgan fingerprint density at radius 3 is 2.00 bits per heavy atom. The summed E-state index contributed by atoms with van der Waals surface area (Å²) in [7, 11) is -3.08. The summed E-state index contributed by atoms with van der Waals surface area (Å²) >= 11 is 0. The Morgan fingerprint density at radius 1 is 1.00 bits per heavy atom. The van der Waals surface area contributed by atoms with Crippen LogP contribution in [-0.4, -0.2) is 33.0 Å². The van der Waals surface area contributed by atoms with E-state index in [0.717, 1.165) is 24.3 Å². The van der Waals surface area contributed by atoms with E-state index in [2.05, 4.69) is 5.32 Å². The van der Waals surface area contributed by atoms with Crippen LogP contribution in [0.25, 0.3) is 0 Å². The average Bonchev–Trinajstić information content (AvgIpc) is 2.61. The van der Waals surface area contributed by atoms with E-state index in [0.29, 0.717) is 11.4 Å². The minimum absolute atomic E-state index is 0.114. The van der Waals surface area contributed by atoms with Gasteiger partial charge in [0.05, 0.1) is 4.90 Å². The number of nitrogens with one attached hydrogen (secondary N) is 1. The lowest BCUT2D eigenvalue weighted by molar-refractivity contribution is -0.116. The summed E-state index contributed by atoms with van der Waals surface area (Å²) in [6, 6.07) is 10.7. The molecule has 0 saturated carbocycles. The lowest BCUT2D eigenvalue weighted by Crippen LogP contribution is -2.22. The number of nitrogens with zero attached hydrogens (tertiary/aromatic N) is 1. The van der Waals surface area contributed by atoms with Crippen LogP contribution in [0, 0.1) is 0 Å². The van der Waals surface area contributed by atoms with Crippen LogP contribution in [-0.2, 0) is 14.6 Å². The Labute approximate surface area is 149 Å². The molecule has 0 spiro atoms. The zero-order valence-electron chi connectivity index (χ0n) is 13.9. The van der Waals surface area contributed by atoms with Crippen LogP contribution in [0.1, 0.15) is 17.3 Å². The number of hydrogen-bond donors (Lipinski definition) is 1. The lowest BCUT2D eigenvalue weighted by atomic mass is 10.2. The molecule has 1 N–H and O–H groups in total. The number of amides is 2. The molecular weight excluding hydrogens is 366 g/mol. The van der Waals surface area contributed by atoms with Crippen LogP contribution < -0.4 is 10.2 Å². The molecule has 2 amide bonds. The van der Waals surface area contributed by atoms with Crippen LogP contribution in [0.3, 0.4) is 0 Å². The Kier molecular flexibility index (Phi) is 5.71. The summed E-state index contributed by atoms with van der Waals surface area (Å²) in [6.07, 6.45) is 0. The highest BCUT2D eigenvalue weighted by molar-refractivity contribution is 7.91. The van der Waals surface area contributed by atoms with Crippen molar-refractivity contribution in [2.45, 2.75) is 17.6 Å². The average molecular weight is 382 g/mol. The quantitative estimate of drug-likeness (QED) is 0.862. The van der Waals surface area contributed by atoms with Gasteiger partial charge in [-0.25, -0.2) is 8.42 Å². The predicted octanol–water partition coefficient (Wildman–Crippen LogP) is 2.92. The first-order valence-electron chi connectivity index (χ1n) is 7.41. The van der Waals surface area contributed by atoms with Crippen molar-refractivity contribution in [2.24, 2.45) is 0 Å². The van der Waals surface area contributed by atoms with E-state index in [1.807, 2.05) is 0 Å². The van der Waals surface area contributed by atoms with E-state index in [-0.39, 0.29) is 11.5 Å². The normalized spacial score (nSPS) is 11.3. The molecular formula is C17H16F2N2O4S. The summed E-state index contributed by atoms with van der Waals surface area (Å²) in [5.74, 6) is -4.19. The van der Waals surface area contributed by atoms with E-state index in [4.69, 9.17) is 0 Å². The highest BCUT2D eigenvalue weighted by Crippen LogP contribution is 2.20. The summed E-state index contributed by atoms with van der Waals surface area (Å²) in [5.41, 5.74) is 1.22. The van der Waals surface area contributed by atoms with E-state index in [1.54, 1.807) is 31.3 Å². The molecule has 0 radical (unpaired) electrons. The van der Waals surface area contributed by atoms with Crippen molar-refractivity contribution in [2.75, 3.05) is 17.3 Å². The van der Waals surface area contributed by atoms with Gasteiger partial charge in [-0.05, 0) is 48.5 Å². The number of carbonyl (C=O) groups excluding carboxylic acids is 2. The van der Waals surface area contributed by atoms with Crippen LogP contribution in [0.4, 0.5) is 20.2 Å². The van der Waals surface area contributed by atoms with Crippen molar-refractivity contribution in [3.63, 3.8) is 0 Å². The van der Waals surface area contributed by atoms with Gasteiger partial charge in [0.25, 0.3) is 5.91 Å². The summed E-state index contributed by atoms with van der Waals surface area (Å²) in [6.45, 7) is 1.42. The van der Waals surface area contributed by atoms with Gasteiger partial charge in [-0.1, -0.05) is 0 Å². The fourth-order valence-electron chi connectivity index (χ4n) is 2.05. The third-order valence-electron chi connectivity index (χ3n) is 3.66. The van der Waals surface area contributed by atoms with E-state index < -0.39 is 26.4 Å². The van der Waals surface area contributed by atoms with Gasteiger partial charge >= 0.3 is 5.76 Å². The van der Waals surface area contributed by atoms with Gasteiger partial charge in [-0.3, -0.25) is 9.59 Å². The number of benzene rings is 2. The molecule has 0 unspecified atom stereocenters. The monoisotopic (exact) mass is 382 g/mol. The molecule has 0 atom stereocenters. The maximum atomic E-state index is 12.5. The van der Waals surface area contributed by atoms with Gasteiger partial charge in [-0.15, -0.1) is 0 Å². The van der Waals surface area contributed by atoms with Crippen LogP contribution in [0.2, 0.25) is 0 Å². The second kappa shape index (κ2) is 7.61. The topological polar surface area (TPSA) is 83.6 Å². The molecule has 2 aromatic carbocycles. The molecule has 0 aromatic heterocycles. The predicted molar refractivity (Wildman–Crippen MR) is 93.1 cm³/mol. The zero-order chi connectivity index (χ0) is 19.5.